The maximum Gasteiger partial charge on any atom is 0.00178 e. The number of hydrogen-bond acceptors (Lipinski definition) is 1. The Balaban J connectivity index is 3.51. The minimum absolute atomic E-state index is 0.364. The smallest absolute Gasteiger partial charge is 0.00178 e. The lowest BCUT2D eigenvalue weighted by Gasteiger charge is -2.24. The van der Waals surface area contributed by atoms with Gasteiger partial charge in [-0.2, -0.15) is 0 Å². The molecule has 0 saturated heterocycles. The quantitative estimate of drug-likeness (QED) is 0.604. The van der Waals surface area contributed by atoms with E-state index in [4.69, 9.17) is 0 Å². The Morgan fingerprint density at radius 2 is 1.55 bits per heavy atom. The molecule has 1 nitrogen and oxygen atoms in total. The predicted octanol–water partition coefficient (Wildman–Crippen LogP) is 2.58. The molecule has 0 heterocycles. The molecule has 0 bridgehead atoms. The molecule has 0 aromatic rings. The van der Waals surface area contributed by atoms with Crippen LogP contribution in [0.5, 0.6) is 0 Å². The third kappa shape index (κ3) is 6.36. The average Bonchev–Trinajstić information content (AvgIpc) is 1.88. The van der Waals surface area contributed by atoms with Gasteiger partial charge in [-0.05, 0) is 24.9 Å². The van der Waals surface area contributed by atoms with Crippen LogP contribution in [0.25, 0.3) is 0 Å². The minimum atomic E-state index is 0.364. The Hall–Kier alpha value is -0.0400. The SMILES string of the molecule is CCN(CC)C[CH]C(C)(C)C. The molecule has 0 fully saturated rings. The lowest BCUT2D eigenvalue weighted by Crippen LogP contribution is -2.27. The minimum Gasteiger partial charge on any atom is -0.304 e. The highest BCUT2D eigenvalue weighted by Gasteiger charge is 2.11. The van der Waals surface area contributed by atoms with Crippen LogP contribution in [0.3, 0.4) is 0 Å². The second-order valence-electron chi connectivity index (χ2n) is 4.06. The molecule has 0 aromatic heterocycles. The first-order valence-corrected chi connectivity index (χ1v) is 4.56. The lowest BCUT2D eigenvalue weighted by atomic mass is 9.92. The van der Waals surface area contributed by atoms with Crippen LogP contribution in [0.2, 0.25) is 0 Å². The fourth-order valence-corrected chi connectivity index (χ4v) is 0.885. The van der Waals surface area contributed by atoms with Crippen LogP contribution in [-0.2, 0) is 0 Å². The zero-order valence-electron chi connectivity index (χ0n) is 8.65. The van der Waals surface area contributed by atoms with Crippen LogP contribution in [0.4, 0.5) is 0 Å². The van der Waals surface area contributed by atoms with E-state index >= 15 is 0 Å². The van der Waals surface area contributed by atoms with Gasteiger partial charge < -0.3 is 4.90 Å². The van der Waals surface area contributed by atoms with Gasteiger partial charge in [-0.3, -0.25) is 0 Å². The van der Waals surface area contributed by atoms with Crippen molar-refractivity contribution < 1.29 is 0 Å². The molecule has 0 aliphatic heterocycles. The molecule has 0 aliphatic carbocycles. The number of rotatable bonds is 4. The second kappa shape index (κ2) is 4.76. The summed E-state index contributed by atoms with van der Waals surface area (Å²) in [5, 5.41) is 0. The molecule has 0 spiro atoms. The van der Waals surface area contributed by atoms with Crippen molar-refractivity contribution in [2.45, 2.75) is 34.6 Å². The summed E-state index contributed by atoms with van der Waals surface area (Å²) in [7, 11) is 0. The van der Waals surface area contributed by atoms with E-state index in [0.29, 0.717) is 5.41 Å². The molecule has 1 radical (unpaired) electrons. The summed E-state index contributed by atoms with van der Waals surface area (Å²) in [6.45, 7) is 14.6. The first kappa shape index (κ1) is 11.0. The maximum atomic E-state index is 2.42. The molecule has 0 atom stereocenters. The predicted molar refractivity (Wildman–Crippen MR) is 51.5 cm³/mol. The van der Waals surface area contributed by atoms with Crippen molar-refractivity contribution >= 4 is 0 Å². The summed E-state index contributed by atoms with van der Waals surface area (Å²) < 4.78 is 0. The van der Waals surface area contributed by atoms with Gasteiger partial charge in [0.15, 0.2) is 0 Å². The molecule has 0 amide bonds. The van der Waals surface area contributed by atoms with Crippen molar-refractivity contribution in [1.82, 2.24) is 4.90 Å². The van der Waals surface area contributed by atoms with Gasteiger partial charge in [0.05, 0.1) is 0 Å². The standard InChI is InChI=1S/C10H22N/c1-6-11(7-2)9-8-10(3,4)5/h8H,6-7,9H2,1-5H3. The summed E-state index contributed by atoms with van der Waals surface area (Å²) in [5.74, 6) is 0. The molecule has 0 rings (SSSR count). The average molecular weight is 156 g/mol. The first-order chi connectivity index (χ1) is 4.99. The summed E-state index contributed by atoms with van der Waals surface area (Å²) in [4.78, 5) is 2.42. The zero-order chi connectivity index (χ0) is 8.91. The van der Waals surface area contributed by atoms with Gasteiger partial charge in [-0.15, -0.1) is 0 Å². The molecule has 0 unspecified atom stereocenters. The summed E-state index contributed by atoms with van der Waals surface area (Å²) in [6, 6.07) is 0. The van der Waals surface area contributed by atoms with Crippen LogP contribution in [0, 0.1) is 11.8 Å². The molecule has 0 aromatic carbocycles. The van der Waals surface area contributed by atoms with Crippen LogP contribution in [0.1, 0.15) is 34.6 Å². The van der Waals surface area contributed by atoms with Crippen molar-refractivity contribution in [3.05, 3.63) is 6.42 Å². The van der Waals surface area contributed by atoms with Crippen LogP contribution >= 0.6 is 0 Å². The normalized spacial score (nSPS) is 12.5. The van der Waals surface area contributed by atoms with E-state index < -0.39 is 0 Å². The van der Waals surface area contributed by atoms with E-state index in [1.54, 1.807) is 0 Å². The molecule has 67 valence electrons. The second-order valence-corrected chi connectivity index (χ2v) is 4.06. The summed E-state index contributed by atoms with van der Waals surface area (Å²) in [6.07, 6.45) is 2.38. The van der Waals surface area contributed by atoms with E-state index in [1.807, 2.05) is 0 Å². The monoisotopic (exact) mass is 156 g/mol. The van der Waals surface area contributed by atoms with Gasteiger partial charge >= 0.3 is 0 Å². The van der Waals surface area contributed by atoms with E-state index in [9.17, 15) is 0 Å². The van der Waals surface area contributed by atoms with Crippen molar-refractivity contribution in [3.63, 3.8) is 0 Å². The molecule has 0 N–H and O–H groups in total. The molecular weight excluding hydrogens is 134 g/mol. The van der Waals surface area contributed by atoms with Gasteiger partial charge in [0, 0.05) is 6.54 Å². The van der Waals surface area contributed by atoms with E-state index in [-0.39, 0.29) is 0 Å². The molecular formula is C10H22N. The van der Waals surface area contributed by atoms with Gasteiger partial charge in [-0.1, -0.05) is 34.6 Å². The highest BCUT2D eigenvalue weighted by molar-refractivity contribution is 4.83. The Bertz CT molecular complexity index is 87.5. The van der Waals surface area contributed by atoms with Crippen molar-refractivity contribution in [1.29, 1.82) is 0 Å². The number of nitrogens with zero attached hydrogens (tertiary/aromatic N) is 1. The van der Waals surface area contributed by atoms with Gasteiger partial charge in [0.2, 0.25) is 0 Å². The maximum absolute atomic E-state index is 2.42. The van der Waals surface area contributed by atoms with E-state index in [0.717, 1.165) is 19.6 Å². The van der Waals surface area contributed by atoms with Crippen molar-refractivity contribution in [2.75, 3.05) is 19.6 Å². The zero-order valence-corrected chi connectivity index (χ0v) is 8.65. The summed E-state index contributed by atoms with van der Waals surface area (Å²) in [5.41, 5.74) is 0.364. The highest BCUT2D eigenvalue weighted by atomic mass is 15.1. The highest BCUT2D eigenvalue weighted by Crippen LogP contribution is 2.17. The van der Waals surface area contributed by atoms with Crippen LogP contribution in [-0.4, -0.2) is 24.5 Å². The third-order valence-corrected chi connectivity index (χ3v) is 1.86. The number of hydrogen-bond donors (Lipinski definition) is 0. The molecule has 1 heteroatoms. The fourth-order valence-electron chi connectivity index (χ4n) is 0.885. The van der Waals surface area contributed by atoms with Gasteiger partial charge in [0.1, 0.15) is 0 Å². The van der Waals surface area contributed by atoms with E-state index in [2.05, 4.69) is 45.9 Å². The van der Waals surface area contributed by atoms with E-state index in [1.165, 1.54) is 0 Å². The third-order valence-electron chi connectivity index (χ3n) is 1.86. The largest absolute Gasteiger partial charge is 0.304 e. The Morgan fingerprint density at radius 1 is 1.09 bits per heavy atom. The Labute approximate surface area is 71.8 Å². The van der Waals surface area contributed by atoms with Crippen molar-refractivity contribution in [3.8, 4) is 0 Å². The van der Waals surface area contributed by atoms with Crippen molar-refractivity contribution in [2.24, 2.45) is 5.41 Å². The Morgan fingerprint density at radius 3 is 1.82 bits per heavy atom. The lowest BCUT2D eigenvalue weighted by molar-refractivity contribution is 0.300. The van der Waals surface area contributed by atoms with Crippen LogP contribution < -0.4 is 0 Å². The summed E-state index contributed by atoms with van der Waals surface area (Å²) >= 11 is 0. The van der Waals surface area contributed by atoms with Gasteiger partial charge in [-0.25, -0.2) is 0 Å². The molecule has 0 saturated carbocycles. The fraction of sp³-hybridized carbons (Fsp3) is 0.900. The Kier molecular flexibility index (Phi) is 4.74. The van der Waals surface area contributed by atoms with Gasteiger partial charge in [0.25, 0.3) is 0 Å². The topological polar surface area (TPSA) is 3.24 Å². The molecule has 0 aliphatic rings. The van der Waals surface area contributed by atoms with Crippen LogP contribution in [0.15, 0.2) is 0 Å². The molecule has 11 heavy (non-hydrogen) atoms. The first-order valence-electron chi connectivity index (χ1n) is 4.56.